The van der Waals surface area contributed by atoms with Crippen molar-refractivity contribution in [2.75, 3.05) is 6.54 Å². The standard InChI is InChI=1S/C14H15Cl2NS/c1-3-17-14(12-6-7-13(16)18-12)11-5-4-10(15)8-9(11)2/h4-8,14,17H,3H2,1-2H3. The Labute approximate surface area is 122 Å². The molecule has 1 nitrogen and oxygen atoms in total. The number of benzene rings is 1. The van der Waals surface area contributed by atoms with Crippen LogP contribution in [0.2, 0.25) is 9.36 Å². The van der Waals surface area contributed by atoms with Gasteiger partial charge in [0.1, 0.15) is 0 Å². The van der Waals surface area contributed by atoms with Crippen LogP contribution in [0.4, 0.5) is 0 Å². The maximum Gasteiger partial charge on any atom is 0.0931 e. The summed E-state index contributed by atoms with van der Waals surface area (Å²) in [6, 6.07) is 10.2. The van der Waals surface area contributed by atoms with E-state index in [1.807, 2.05) is 18.2 Å². The fraction of sp³-hybridized carbons (Fsp3) is 0.286. The molecule has 1 unspecified atom stereocenters. The van der Waals surface area contributed by atoms with E-state index in [0.717, 1.165) is 15.9 Å². The van der Waals surface area contributed by atoms with Crippen molar-refractivity contribution in [3.63, 3.8) is 0 Å². The van der Waals surface area contributed by atoms with E-state index < -0.39 is 0 Å². The van der Waals surface area contributed by atoms with Gasteiger partial charge in [-0.3, -0.25) is 0 Å². The molecule has 1 N–H and O–H groups in total. The molecule has 0 aliphatic rings. The molecule has 0 bridgehead atoms. The van der Waals surface area contributed by atoms with Crippen molar-refractivity contribution in [1.29, 1.82) is 0 Å². The van der Waals surface area contributed by atoms with Crippen molar-refractivity contribution in [2.24, 2.45) is 0 Å². The monoisotopic (exact) mass is 299 g/mol. The van der Waals surface area contributed by atoms with Gasteiger partial charge in [-0.05, 0) is 48.9 Å². The van der Waals surface area contributed by atoms with Gasteiger partial charge in [0.2, 0.25) is 0 Å². The smallest absolute Gasteiger partial charge is 0.0931 e. The minimum Gasteiger partial charge on any atom is -0.306 e. The Morgan fingerprint density at radius 1 is 1.22 bits per heavy atom. The van der Waals surface area contributed by atoms with E-state index in [4.69, 9.17) is 23.2 Å². The highest BCUT2D eigenvalue weighted by Gasteiger charge is 2.17. The first-order valence-electron chi connectivity index (χ1n) is 5.86. The van der Waals surface area contributed by atoms with Crippen LogP contribution in [0.3, 0.4) is 0 Å². The first kappa shape index (κ1) is 13.9. The Hall–Kier alpha value is -0.540. The molecule has 0 aliphatic carbocycles. The second kappa shape index (κ2) is 6.07. The lowest BCUT2D eigenvalue weighted by molar-refractivity contribution is 0.637. The van der Waals surface area contributed by atoms with Crippen molar-refractivity contribution in [3.05, 3.63) is 55.7 Å². The largest absolute Gasteiger partial charge is 0.306 e. The van der Waals surface area contributed by atoms with Crippen molar-refractivity contribution >= 4 is 34.5 Å². The second-order valence-corrected chi connectivity index (χ2v) is 6.32. The average molecular weight is 300 g/mol. The van der Waals surface area contributed by atoms with Gasteiger partial charge in [-0.2, -0.15) is 0 Å². The highest BCUT2D eigenvalue weighted by atomic mass is 35.5. The molecule has 1 aromatic carbocycles. The zero-order chi connectivity index (χ0) is 13.1. The number of halogens is 2. The van der Waals surface area contributed by atoms with Crippen LogP contribution < -0.4 is 5.32 Å². The highest BCUT2D eigenvalue weighted by Crippen LogP contribution is 2.33. The molecule has 2 rings (SSSR count). The number of aryl methyl sites for hydroxylation is 1. The molecule has 1 aromatic heterocycles. The average Bonchev–Trinajstić information content (AvgIpc) is 2.73. The van der Waals surface area contributed by atoms with Gasteiger partial charge in [0.15, 0.2) is 0 Å². The molecule has 0 saturated heterocycles. The van der Waals surface area contributed by atoms with Crippen molar-refractivity contribution in [1.82, 2.24) is 5.32 Å². The number of hydrogen-bond donors (Lipinski definition) is 1. The molecular weight excluding hydrogens is 285 g/mol. The zero-order valence-electron chi connectivity index (χ0n) is 10.3. The summed E-state index contributed by atoms with van der Waals surface area (Å²) in [5.74, 6) is 0. The fourth-order valence-electron chi connectivity index (χ4n) is 2.01. The fourth-order valence-corrected chi connectivity index (χ4v) is 3.40. The van der Waals surface area contributed by atoms with Crippen molar-refractivity contribution in [2.45, 2.75) is 19.9 Å². The van der Waals surface area contributed by atoms with Crippen LogP contribution in [0.15, 0.2) is 30.3 Å². The number of rotatable bonds is 4. The number of thiophene rings is 1. The summed E-state index contributed by atoms with van der Waals surface area (Å²) in [6.45, 7) is 5.09. The maximum absolute atomic E-state index is 6.03. The van der Waals surface area contributed by atoms with E-state index in [-0.39, 0.29) is 6.04 Å². The molecule has 1 atom stereocenters. The molecule has 0 spiro atoms. The summed E-state index contributed by atoms with van der Waals surface area (Å²) >= 11 is 13.7. The molecule has 0 amide bonds. The molecule has 96 valence electrons. The van der Waals surface area contributed by atoms with Crippen LogP contribution in [0, 0.1) is 6.92 Å². The van der Waals surface area contributed by atoms with Gasteiger partial charge < -0.3 is 5.32 Å². The Balaban J connectivity index is 2.41. The Morgan fingerprint density at radius 3 is 2.56 bits per heavy atom. The summed E-state index contributed by atoms with van der Waals surface area (Å²) in [5.41, 5.74) is 2.44. The van der Waals surface area contributed by atoms with Crippen LogP contribution in [0.5, 0.6) is 0 Å². The van der Waals surface area contributed by atoms with Gasteiger partial charge in [0.05, 0.1) is 10.4 Å². The Morgan fingerprint density at radius 2 is 2.00 bits per heavy atom. The maximum atomic E-state index is 6.03. The lowest BCUT2D eigenvalue weighted by atomic mass is 10.00. The summed E-state index contributed by atoms with van der Waals surface area (Å²) < 4.78 is 0.819. The van der Waals surface area contributed by atoms with E-state index in [1.54, 1.807) is 11.3 Å². The van der Waals surface area contributed by atoms with Crippen LogP contribution in [-0.2, 0) is 0 Å². The van der Waals surface area contributed by atoms with Gasteiger partial charge in [-0.25, -0.2) is 0 Å². The third-order valence-corrected chi connectivity index (χ3v) is 4.36. The van der Waals surface area contributed by atoms with Crippen LogP contribution >= 0.6 is 34.5 Å². The first-order valence-corrected chi connectivity index (χ1v) is 7.43. The minimum absolute atomic E-state index is 0.185. The van der Waals surface area contributed by atoms with E-state index >= 15 is 0 Å². The summed E-state index contributed by atoms with van der Waals surface area (Å²) in [4.78, 5) is 1.23. The summed E-state index contributed by atoms with van der Waals surface area (Å²) in [6.07, 6.45) is 0. The van der Waals surface area contributed by atoms with E-state index in [2.05, 4.69) is 31.3 Å². The molecule has 0 radical (unpaired) electrons. The van der Waals surface area contributed by atoms with Crippen LogP contribution in [-0.4, -0.2) is 6.54 Å². The van der Waals surface area contributed by atoms with Crippen molar-refractivity contribution < 1.29 is 0 Å². The molecule has 18 heavy (non-hydrogen) atoms. The summed E-state index contributed by atoms with van der Waals surface area (Å²) in [7, 11) is 0. The zero-order valence-corrected chi connectivity index (χ0v) is 12.7. The van der Waals surface area contributed by atoms with Gasteiger partial charge in [-0.1, -0.05) is 36.2 Å². The van der Waals surface area contributed by atoms with Crippen LogP contribution in [0.25, 0.3) is 0 Å². The van der Waals surface area contributed by atoms with E-state index in [1.165, 1.54) is 16.0 Å². The van der Waals surface area contributed by atoms with Crippen molar-refractivity contribution in [3.8, 4) is 0 Å². The van der Waals surface area contributed by atoms with E-state index in [0.29, 0.717) is 0 Å². The topological polar surface area (TPSA) is 12.0 Å². The van der Waals surface area contributed by atoms with Gasteiger partial charge in [-0.15, -0.1) is 11.3 Å². The lowest BCUT2D eigenvalue weighted by Crippen LogP contribution is -2.21. The van der Waals surface area contributed by atoms with Gasteiger partial charge >= 0.3 is 0 Å². The van der Waals surface area contributed by atoms with E-state index in [9.17, 15) is 0 Å². The highest BCUT2D eigenvalue weighted by molar-refractivity contribution is 7.16. The summed E-state index contributed by atoms with van der Waals surface area (Å²) in [5, 5.41) is 4.27. The predicted octanol–water partition coefficient (Wildman–Crippen LogP) is 5.06. The Bertz CT molecular complexity index is 536. The first-order chi connectivity index (χ1) is 8.61. The number of nitrogens with one attached hydrogen (secondary N) is 1. The van der Waals surface area contributed by atoms with Gasteiger partial charge in [0.25, 0.3) is 0 Å². The number of hydrogen-bond acceptors (Lipinski definition) is 2. The molecule has 0 aliphatic heterocycles. The Kier molecular flexibility index (Phi) is 4.68. The quantitative estimate of drug-likeness (QED) is 0.832. The molecule has 4 heteroatoms. The molecule has 0 fully saturated rings. The molecular formula is C14H15Cl2NS. The molecule has 1 heterocycles. The second-order valence-electron chi connectivity index (χ2n) is 4.13. The lowest BCUT2D eigenvalue weighted by Gasteiger charge is -2.19. The van der Waals surface area contributed by atoms with Crippen LogP contribution in [0.1, 0.15) is 29.0 Å². The molecule has 2 aromatic rings. The SMILES string of the molecule is CCNC(c1ccc(Cl)s1)c1ccc(Cl)cc1C. The normalized spacial score (nSPS) is 12.7. The third-order valence-electron chi connectivity index (χ3n) is 2.83. The minimum atomic E-state index is 0.185. The third kappa shape index (κ3) is 3.07. The predicted molar refractivity (Wildman–Crippen MR) is 81.0 cm³/mol. The van der Waals surface area contributed by atoms with Gasteiger partial charge in [0, 0.05) is 9.90 Å². The molecule has 0 saturated carbocycles.